The molecule has 0 fully saturated rings. The molecule has 8 atom stereocenters. The average Bonchev–Trinajstić information content (AvgIpc) is 0.875. The summed E-state index contributed by atoms with van der Waals surface area (Å²) in [4.78, 5) is 0. The molecule has 0 amide bonds. The maximum atomic E-state index is 10.4. The van der Waals surface area contributed by atoms with Crippen molar-refractivity contribution in [2.75, 3.05) is 26.4 Å². The van der Waals surface area contributed by atoms with Crippen LogP contribution in [-0.2, 0) is 0 Å². The summed E-state index contributed by atoms with van der Waals surface area (Å²) in [6.45, 7) is 23.4. The van der Waals surface area contributed by atoms with Crippen molar-refractivity contribution in [2.24, 2.45) is 23.7 Å². The molecule has 146 heavy (non-hydrogen) atoms. The molecular weight excluding hydrogens is 2670 g/mol. The zero-order chi connectivity index (χ0) is 106. The van der Waals surface area contributed by atoms with Crippen molar-refractivity contribution in [3.8, 4) is 23.0 Å². The number of benzene rings is 8. The Morgan fingerprint density at radius 2 is 0.356 bits per heavy atom. The number of ether oxygens (including phenoxy) is 4. The first-order chi connectivity index (χ1) is 66.5. The zero-order valence-electron chi connectivity index (χ0n) is 85.3. The van der Waals surface area contributed by atoms with Crippen molar-refractivity contribution in [2.45, 2.75) is 325 Å². The number of halogens is 28. The van der Waals surface area contributed by atoms with Gasteiger partial charge in [-0.2, -0.15) is 0 Å². The number of hydrogen-bond acceptors (Lipinski definition) is 8. The summed E-state index contributed by atoms with van der Waals surface area (Å²) in [6.07, 6.45) is 45.4. The molecule has 8 rings (SSSR count). The fraction of sp³-hybridized carbons (Fsp3) is 0.547. The summed E-state index contributed by atoms with van der Waals surface area (Å²) in [5.41, 5.74) is 2.61. The second-order valence-electron chi connectivity index (χ2n) is 35.4. The molecule has 40 heteroatoms. The van der Waals surface area contributed by atoms with E-state index in [2.05, 4.69) is 227 Å². The van der Waals surface area contributed by atoms with E-state index in [-0.39, 0.29) is 115 Å². The number of aryl methyl sites for hydroxylation is 2. The minimum absolute atomic E-state index is 0. The summed E-state index contributed by atoms with van der Waals surface area (Å²) in [6, 6.07) is 72.6. The third-order valence-electron chi connectivity index (χ3n) is 22.0. The Bertz CT molecular complexity index is 4030. The summed E-state index contributed by atoms with van der Waals surface area (Å²) in [7, 11) is -17.1. The number of rotatable bonds is 60. The molecule has 0 radical (unpaired) electrons. The first-order valence-corrected chi connectivity index (χ1v) is 71.0. The van der Waals surface area contributed by atoms with Gasteiger partial charge < -0.3 is 58.2 Å². The van der Waals surface area contributed by atoms with Crippen LogP contribution in [0.25, 0.3) is 0 Å². The van der Waals surface area contributed by atoms with Gasteiger partial charge in [0.1, 0.15) is 49.4 Å². The standard InChI is InChI=1S/2C27H40IO2.2C26H38IO2.2F5P.14FH.2Sb/c2*1-4-5-6-7-8-9-10-11-12-23(3)27(29)21-30-26-19-17-25(18-20-26)28-24-15-13-22(2)14-16-24;2*1-3-4-5-6-7-8-9-11-14-22(2)26(28)21-29-25-19-17-24(18-20-25)27-23-15-12-10-13-16-23;2*1-6(2,3,4)5;;;;;;;;;;;;;;;;/h2*13-20,23,27,29H,4-12,21H2,1-3H3;2*10,12-13,15-20,22,26,28H,3-9,11,14,21H2,1-2H3;;;14*1H;;/q4*+1;;;;;;;;;;;;;;;;;2*+5/p-14. The normalized spacial score (nSPS) is 13.8. The average molecular weight is 2830 g/mol. The molecule has 0 aliphatic rings. The molecule has 0 spiro atoms. The SMILES string of the molecule is CCCCCCCCCCC(C)C(O)COc1ccc([I+]c2ccc(C)cc2)cc1.CCCCCCCCCCC(C)C(O)COc1ccc([I+]c2ccc(C)cc2)cc1.CCCCCCCCCCC(C)C(O)COc1ccc([I+]c2ccccc2)cc1.CCCCCCCCCCC(C)C(O)COc1ccc([I+]c2ccccc2)cc1.FP(F)(F)(F)F.FP(F)(F)(F)F.[F-].[F-].[F-].[F-].[F][Sb]([F])([F])([F])[F].[F][Sb]([F])([F])([F])[F]. The van der Waals surface area contributed by atoms with Gasteiger partial charge in [0, 0.05) is 0 Å². The first kappa shape index (κ1) is 149. The second-order valence-corrected chi connectivity index (χ2v) is 57.4. The topological polar surface area (TPSA) is 118 Å². The van der Waals surface area contributed by atoms with Crippen LogP contribution in [0, 0.1) is 66.1 Å². The van der Waals surface area contributed by atoms with Gasteiger partial charge in [0.15, 0.2) is 28.6 Å². The van der Waals surface area contributed by atoms with E-state index in [1.807, 2.05) is 48.5 Å². The molecule has 0 aliphatic carbocycles. The second kappa shape index (κ2) is 82.1. The molecule has 8 aromatic rings. The van der Waals surface area contributed by atoms with Gasteiger partial charge in [-0.25, -0.2) is 0 Å². The Balaban J connectivity index is -0.000000845. The van der Waals surface area contributed by atoms with Gasteiger partial charge in [0.2, 0.25) is 0 Å². The number of hydrogen-bond donors (Lipinski definition) is 4. The number of aliphatic hydroxyl groups excluding tert-OH is 4. The summed E-state index contributed by atoms with van der Waals surface area (Å²) < 4.78 is 232. The van der Waals surface area contributed by atoms with Crippen molar-refractivity contribution in [3.05, 3.63) is 246 Å². The monoisotopic (exact) mass is 2820 g/mol. The van der Waals surface area contributed by atoms with Crippen molar-refractivity contribution in [1.29, 1.82) is 0 Å². The Kier molecular flexibility index (Phi) is 83.6. The van der Waals surface area contributed by atoms with Crippen LogP contribution in [-0.4, -0.2) is 112 Å². The van der Waals surface area contributed by atoms with E-state index in [1.54, 1.807) is 0 Å². The molecule has 0 heterocycles. The molecule has 0 aliphatic heterocycles. The summed E-state index contributed by atoms with van der Waals surface area (Å²) in [5.74, 6) is 4.56. The van der Waals surface area contributed by atoms with Crippen molar-refractivity contribution in [1.82, 2.24) is 0 Å². The van der Waals surface area contributed by atoms with Crippen LogP contribution < -0.4 is 123 Å². The van der Waals surface area contributed by atoms with Gasteiger partial charge in [-0.15, -0.1) is 0 Å². The van der Waals surface area contributed by atoms with E-state index < -0.39 is 81.3 Å². The Labute approximate surface area is 905 Å². The van der Waals surface area contributed by atoms with E-state index >= 15 is 0 Å². The molecule has 8 unspecified atom stereocenters. The first-order valence-electron chi connectivity index (χ1n) is 49.4. The number of aliphatic hydroxyl groups is 4. The molecule has 8 nitrogen and oxygen atoms in total. The maximum absolute atomic E-state index is 10.4. The van der Waals surface area contributed by atoms with Gasteiger partial charge in [-0.05, 0) is 209 Å². The predicted octanol–water partition coefficient (Wildman–Crippen LogP) is 12.9. The molecule has 0 aromatic heterocycles. The quantitative estimate of drug-likeness (QED) is 0.00979. The van der Waals surface area contributed by atoms with Crippen LogP contribution in [0.1, 0.15) is 298 Å². The molecule has 0 bridgehead atoms. The van der Waals surface area contributed by atoms with E-state index in [4.69, 9.17) is 18.9 Å². The van der Waals surface area contributed by atoms with Crippen molar-refractivity contribution < 1.29 is 213 Å². The van der Waals surface area contributed by atoms with Crippen LogP contribution in [0.3, 0.4) is 0 Å². The Hall–Kier alpha value is -3.46. The van der Waals surface area contributed by atoms with E-state index in [9.17, 15) is 90.5 Å². The van der Waals surface area contributed by atoms with Gasteiger partial charge in [-0.1, -0.05) is 333 Å². The van der Waals surface area contributed by atoms with E-state index in [0.29, 0.717) is 38.3 Å². The molecular formula is C106H156F24I4O8P2Sb2. The summed E-state index contributed by atoms with van der Waals surface area (Å²) in [5, 5.41) is 41.7. The van der Waals surface area contributed by atoms with Crippen LogP contribution in [0.4, 0.5) is 70.1 Å². The molecule has 4 N–H and O–H groups in total. The van der Waals surface area contributed by atoms with Crippen LogP contribution >= 0.6 is 16.3 Å². The fourth-order valence-electron chi connectivity index (χ4n) is 13.6. The van der Waals surface area contributed by atoms with Gasteiger partial charge >= 0.3 is 212 Å². The Morgan fingerprint density at radius 1 is 0.226 bits per heavy atom. The zero-order valence-corrected chi connectivity index (χ0v) is 101. The van der Waals surface area contributed by atoms with Crippen LogP contribution in [0.5, 0.6) is 23.0 Å². The van der Waals surface area contributed by atoms with Gasteiger partial charge in [-0.3, -0.25) is 0 Å². The molecule has 844 valence electrons. The number of unbranched alkanes of at least 4 members (excludes halogenated alkanes) is 28. The van der Waals surface area contributed by atoms with E-state index in [1.165, 1.54) is 245 Å². The Morgan fingerprint density at radius 3 is 0.507 bits per heavy atom. The molecule has 0 saturated heterocycles. The fourth-order valence-corrected chi connectivity index (χ4v) is 22.3. The predicted molar refractivity (Wildman–Crippen MR) is 530 cm³/mol. The van der Waals surface area contributed by atoms with Crippen molar-refractivity contribution in [3.63, 3.8) is 0 Å². The minimum atomic E-state index is -9.19. The van der Waals surface area contributed by atoms with Crippen molar-refractivity contribution >= 4 is 56.9 Å². The molecule has 8 aromatic carbocycles. The summed E-state index contributed by atoms with van der Waals surface area (Å²) >= 11 is -19.0. The van der Waals surface area contributed by atoms with Crippen LogP contribution in [0.15, 0.2) is 206 Å². The third-order valence-corrected chi connectivity index (χ3v) is 32.7. The third kappa shape index (κ3) is 101. The van der Waals surface area contributed by atoms with Gasteiger partial charge in [0.05, 0.1) is 24.4 Å². The van der Waals surface area contributed by atoms with Crippen LogP contribution in [0.2, 0.25) is 0 Å². The van der Waals surface area contributed by atoms with Gasteiger partial charge in [0.25, 0.3) is 0 Å². The van der Waals surface area contributed by atoms with E-state index in [0.717, 1.165) is 48.7 Å². The molecule has 0 saturated carbocycles.